The van der Waals surface area contributed by atoms with Crippen LogP contribution in [0.25, 0.3) is 0 Å². The lowest BCUT2D eigenvalue weighted by atomic mass is 10.0. The first-order chi connectivity index (χ1) is 13.1. The molecule has 2 aliphatic rings. The molecule has 2 aliphatic heterocycles. The average molecular weight is 388 g/mol. The van der Waals surface area contributed by atoms with Crippen molar-refractivity contribution >= 4 is 23.6 Å². The summed E-state index contributed by atoms with van der Waals surface area (Å²) in [6.07, 6.45) is 3.98. The molecule has 0 aromatic carbocycles. The molecule has 27 heavy (non-hydrogen) atoms. The summed E-state index contributed by atoms with van der Waals surface area (Å²) in [5, 5.41) is 7.30. The normalized spacial score (nSPS) is 16.2. The van der Waals surface area contributed by atoms with E-state index >= 15 is 0 Å². The number of H-pyrrole nitrogens is 2. The van der Waals surface area contributed by atoms with Crippen molar-refractivity contribution in [1.82, 2.24) is 30.0 Å². The number of fused-ring (bicyclic) bond motifs is 2. The average Bonchev–Trinajstić information content (AvgIpc) is 3.26. The maximum absolute atomic E-state index is 13.0. The van der Waals surface area contributed by atoms with Gasteiger partial charge in [0.15, 0.2) is 5.69 Å². The number of hydrogen-bond donors (Lipinski definition) is 2. The van der Waals surface area contributed by atoms with Crippen molar-refractivity contribution in [2.75, 3.05) is 25.1 Å². The monoisotopic (exact) mass is 388 g/mol. The number of amides is 2. The standard InChI is InChI=1S/C18H24N6O2S/c1-11-19-13-4-7-24(10-15(13)20-11)18(26)17-12-3-6-23(9-14(12)21-22-17)16(25)5-8-27-2/h3-10H2,1-2H3,(H,19,20)(H,21,22). The second kappa shape index (κ2) is 7.38. The molecule has 2 amide bonds. The third kappa shape index (κ3) is 3.47. The van der Waals surface area contributed by atoms with E-state index in [-0.39, 0.29) is 11.8 Å². The van der Waals surface area contributed by atoms with Crippen LogP contribution >= 0.6 is 11.8 Å². The molecule has 0 fully saturated rings. The van der Waals surface area contributed by atoms with Crippen molar-refractivity contribution in [2.24, 2.45) is 0 Å². The van der Waals surface area contributed by atoms with Gasteiger partial charge < -0.3 is 14.8 Å². The number of hydrogen-bond acceptors (Lipinski definition) is 5. The largest absolute Gasteiger partial charge is 0.344 e. The van der Waals surface area contributed by atoms with Gasteiger partial charge in [-0.05, 0) is 19.6 Å². The summed E-state index contributed by atoms with van der Waals surface area (Å²) < 4.78 is 0. The minimum absolute atomic E-state index is 0.0486. The summed E-state index contributed by atoms with van der Waals surface area (Å²) in [5.41, 5.74) is 4.42. The van der Waals surface area contributed by atoms with Gasteiger partial charge in [-0.2, -0.15) is 16.9 Å². The molecule has 2 aromatic rings. The van der Waals surface area contributed by atoms with Gasteiger partial charge in [0, 0.05) is 37.2 Å². The highest BCUT2D eigenvalue weighted by atomic mass is 32.2. The van der Waals surface area contributed by atoms with E-state index in [1.165, 1.54) is 0 Å². The third-order valence-corrected chi connectivity index (χ3v) is 5.86. The maximum atomic E-state index is 13.0. The number of thioether (sulfide) groups is 1. The van der Waals surface area contributed by atoms with Crippen LogP contribution in [0.5, 0.6) is 0 Å². The van der Waals surface area contributed by atoms with E-state index in [1.54, 1.807) is 11.8 Å². The topological polar surface area (TPSA) is 98.0 Å². The van der Waals surface area contributed by atoms with E-state index in [0.717, 1.165) is 40.6 Å². The number of carbonyl (C=O) groups excluding carboxylic acids is 2. The molecule has 0 radical (unpaired) electrons. The van der Waals surface area contributed by atoms with E-state index < -0.39 is 0 Å². The van der Waals surface area contributed by atoms with E-state index in [4.69, 9.17) is 0 Å². The molecule has 0 aliphatic carbocycles. The highest BCUT2D eigenvalue weighted by molar-refractivity contribution is 7.98. The predicted molar refractivity (Wildman–Crippen MR) is 102 cm³/mol. The number of nitrogens with one attached hydrogen (secondary N) is 2. The number of carbonyl (C=O) groups is 2. The van der Waals surface area contributed by atoms with Gasteiger partial charge in [0.05, 0.1) is 30.2 Å². The molecule has 0 saturated heterocycles. The van der Waals surface area contributed by atoms with Gasteiger partial charge in [-0.15, -0.1) is 0 Å². The molecular formula is C18H24N6O2S. The first-order valence-electron chi connectivity index (χ1n) is 9.23. The summed E-state index contributed by atoms with van der Waals surface area (Å²) in [4.78, 5) is 36.7. The molecule has 144 valence electrons. The minimum atomic E-state index is -0.0486. The minimum Gasteiger partial charge on any atom is -0.344 e. The molecule has 8 nitrogen and oxygen atoms in total. The summed E-state index contributed by atoms with van der Waals surface area (Å²) in [6.45, 7) is 4.27. The Kier molecular flexibility index (Phi) is 4.94. The zero-order chi connectivity index (χ0) is 19.0. The van der Waals surface area contributed by atoms with Crippen LogP contribution in [0.2, 0.25) is 0 Å². The van der Waals surface area contributed by atoms with Gasteiger partial charge in [-0.3, -0.25) is 14.7 Å². The molecule has 0 unspecified atom stereocenters. The summed E-state index contributed by atoms with van der Waals surface area (Å²) in [6, 6.07) is 0. The third-order valence-electron chi connectivity index (χ3n) is 5.25. The number of imidazole rings is 1. The van der Waals surface area contributed by atoms with Gasteiger partial charge in [0.2, 0.25) is 5.91 Å². The van der Waals surface area contributed by atoms with Crippen LogP contribution in [0.3, 0.4) is 0 Å². The highest BCUT2D eigenvalue weighted by Gasteiger charge is 2.31. The molecule has 4 heterocycles. The molecule has 0 spiro atoms. The molecule has 9 heteroatoms. The molecule has 0 saturated carbocycles. The quantitative estimate of drug-likeness (QED) is 0.822. The zero-order valence-electron chi connectivity index (χ0n) is 15.7. The second-order valence-corrected chi connectivity index (χ2v) is 8.05. The Morgan fingerprint density at radius 2 is 1.93 bits per heavy atom. The number of rotatable bonds is 4. The Labute approximate surface area is 162 Å². The number of nitrogens with zero attached hydrogens (tertiary/aromatic N) is 4. The van der Waals surface area contributed by atoms with Gasteiger partial charge in [0.25, 0.3) is 5.91 Å². The van der Waals surface area contributed by atoms with Crippen molar-refractivity contribution in [3.05, 3.63) is 34.2 Å². The lowest BCUT2D eigenvalue weighted by Crippen LogP contribution is -2.38. The van der Waals surface area contributed by atoms with Crippen molar-refractivity contribution in [3.8, 4) is 0 Å². The first-order valence-corrected chi connectivity index (χ1v) is 10.6. The van der Waals surface area contributed by atoms with Gasteiger partial charge in [-0.25, -0.2) is 4.98 Å². The fraction of sp³-hybridized carbons (Fsp3) is 0.556. The molecule has 4 rings (SSSR count). The summed E-state index contributed by atoms with van der Waals surface area (Å²) in [7, 11) is 0. The lowest BCUT2D eigenvalue weighted by molar-refractivity contribution is -0.131. The van der Waals surface area contributed by atoms with Crippen LogP contribution in [-0.4, -0.2) is 66.9 Å². The van der Waals surface area contributed by atoms with E-state index in [2.05, 4.69) is 20.2 Å². The van der Waals surface area contributed by atoms with Crippen LogP contribution in [-0.2, 0) is 30.7 Å². The summed E-state index contributed by atoms with van der Waals surface area (Å²) in [5.74, 6) is 1.83. The molecule has 2 aromatic heterocycles. The Balaban J connectivity index is 1.47. The van der Waals surface area contributed by atoms with E-state index in [0.29, 0.717) is 44.7 Å². The second-order valence-electron chi connectivity index (χ2n) is 7.06. The van der Waals surface area contributed by atoms with E-state index in [9.17, 15) is 9.59 Å². The maximum Gasteiger partial charge on any atom is 0.275 e. The Bertz CT molecular complexity index is 873. The van der Waals surface area contributed by atoms with Crippen molar-refractivity contribution in [3.63, 3.8) is 0 Å². The smallest absolute Gasteiger partial charge is 0.275 e. The number of aryl methyl sites for hydroxylation is 1. The van der Waals surface area contributed by atoms with Crippen LogP contribution in [0.4, 0.5) is 0 Å². The van der Waals surface area contributed by atoms with E-state index in [1.807, 2.05) is 23.0 Å². The van der Waals surface area contributed by atoms with Crippen molar-refractivity contribution in [1.29, 1.82) is 0 Å². The molecule has 2 N–H and O–H groups in total. The molecular weight excluding hydrogens is 364 g/mol. The molecule has 0 atom stereocenters. The zero-order valence-corrected chi connectivity index (χ0v) is 16.5. The van der Waals surface area contributed by atoms with Gasteiger partial charge in [-0.1, -0.05) is 0 Å². The van der Waals surface area contributed by atoms with Crippen molar-refractivity contribution < 1.29 is 9.59 Å². The van der Waals surface area contributed by atoms with Gasteiger partial charge in [0.1, 0.15) is 5.82 Å². The summed E-state index contributed by atoms with van der Waals surface area (Å²) >= 11 is 1.68. The highest BCUT2D eigenvalue weighted by Crippen LogP contribution is 2.24. The first kappa shape index (κ1) is 18.1. The fourth-order valence-electron chi connectivity index (χ4n) is 3.82. The Morgan fingerprint density at radius 3 is 2.74 bits per heavy atom. The van der Waals surface area contributed by atoms with Crippen LogP contribution in [0.1, 0.15) is 45.4 Å². The van der Waals surface area contributed by atoms with Gasteiger partial charge >= 0.3 is 0 Å². The van der Waals surface area contributed by atoms with Crippen molar-refractivity contribution in [2.45, 2.75) is 39.3 Å². The predicted octanol–water partition coefficient (Wildman–Crippen LogP) is 1.28. The van der Waals surface area contributed by atoms with Crippen LogP contribution in [0, 0.1) is 6.92 Å². The number of aromatic amines is 2. The van der Waals surface area contributed by atoms with Crippen LogP contribution < -0.4 is 0 Å². The Hall–Kier alpha value is -2.29. The number of aromatic nitrogens is 4. The fourth-order valence-corrected chi connectivity index (χ4v) is 4.19. The lowest BCUT2D eigenvalue weighted by Gasteiger charge is -2.28. The van der Waals surface area contributed by atoms with Crippen LogP contribution in [0.15, 0.2) is 0 Å². The molecule has 0 bridgehead atoms. The SMILES string of the molecule is CSCCC(=O)N1CCc2c(C(=O)N3CCc4nc(C)[nH]c4C3)n[nH]c2C1. The Morgan fingerprint density at radius 1 is 1.15 bits per heavy atom.